The van der Waals surface area contributed by atoms with E-state index in [2.05, 4.69) is 33.6 Å². The first-order chi connectivity index (χ1) is 12.1. The van der Waals surface area contributed by atoms with E-state index in [9.17, 15) is 8.42 Å². The lowest BCUT2D eigenvalue weighted by molar-refractivity contribution is 0.443. The van der Waals surface area contributed by atoms with Gasteiger partial charge in [0.15, 0.2) is 5.65 Å². The van der Waals surface area contributed by atoms with Crippen LogP contribution in [0.4, 0.5) is 0 Å². The molecular weight excluding hydrogens is 447 g/mol. The summed E-state index contributed by atoms with van der Waals surface area (Å²) in [4.78, 5) is 4.83. The van der Waals surface area contributed by atoms with Gasteiger partial charge in [-0.05, 0) is 65.1 Å². The Balaban J connectivity index is 1.82. The molecule has 0 aliphatic heterocycles. The molecular formula is C19H19IN2O2S. The number of nitrogens with zero attached hydrogens (tertiary/aromatic N) is 2. The van der Waals surface area contributed by atoms with Crippen molar-refractivity contribution in [3.63, 3.8) is 0 Å². The third-order valence-electron chi connectivity index (χ3n) is 4.96. The smallest absolute Gasteiger partial charge is 0.237 e. The molecule has 3 aromatic rings. The normalized spacial score (nSPS) is 16.4. The highest BCUT2D eigenvalue weighted by Crippen LogP contribution is 2.35. The van der Waals surface area contributed by atoms with E-state index in [1.807, 2.05) is 12.3 Å². The van der Waals surface area contributed by atoms with Crippen LogP contribution in [0.1, 0.15) is 43.6 Å². The monoisotopic (exact) mass is 466 g/mol. The number of hydrogen-bond acceptors (Lipinski definition) is 3. The maximum Gasteiger partial charge on any atom is 0.269 e. The zero-order valence-electron chi connectivity index (χ0n) is 13.7. The largest absolute Gasteiger partial charge is 0.269 e. The average Bonchev–Trinajstić information content (AvgIpc) is 3.00. The van der Waals surface area contributed by atoms with Gasteiger partial charge in [-0.2, -0.15) is 0 Å². The molecule has 0 unspecified atom stereocenters. The van der Waals surface area contributed by atoms with Crippen molar-refractivity contribution in [2.75, 3.05) is 0 Å². The predicted molar refractivity (Wildman–Crippen MR) is 107 cm³/mol. The summed E-state index contributed by atoms with van der Waals surface area (Å²) in [6, 6.07) is 10.6. The fourth-order valence-electron chi connectivity index (χ4n) is 3.61. The highest BCUT2D eigenvalue weighted by molar-refractivity contribution is 14.1. The molecule has 1 aliphatic rings. The maximum absolute atomic E-state index is 13.0. The molecule has 25 heavy (non-hydrogen) atoms. The fraction of sp³-hybridized carbons (Fsp3) is 0.316. The van der Waals surface area contributed by atoms with Gasteiger partial charge in [0.05, 0.1) is 4.90 Å². The van der Waals surface area contributed by atoms with Crippen LogP contribution in [0.25, 0.3) is 11.0 Å². The zero-order valence-corrected chi connectivity index (χ0v) is 16.7. The van der Waals surface area contributed by atoms with Crippen LogP contribution < -0.4 is 0 Å². The van der Waals surface area contributed by atoms with Crippen molar-refractivity contribution < 1.29 is 8.42 Å². The summed E-state index contributed by atoms with van der Waals surface area (Å²) in [5.74, 6) is 0.551. The van der Waals surface area contributed by atoms with Crippen molar-refractivity contribution in [1.29, 1.82) is 0 Å². The molecule has 2 aromatic heterocycles. The van der Waals surface area contributed by atoms with Crippen LogP contribution in [-0.2, 0) is 10.0 Å². The van der Waals surface area contributed by atoms with Crippen LogP contribution in [-0.4, -0.2) is 17.4 Å². The Morgan fingerprint density at radius 1 is 1.08 bits per heavy atom. The first kappa shape index (κ1) is 17.0. The lowest BCUT2D eigenvalue weighted by Gasteiger charge is -2.21. The summed E-state index contributed by atoms with van der Waals surface area (Å²) in [5, 5.41) is 0.920. The molecule has 0 radical (unpaired) electrons. The molecule has 0 N–H and O–H groups in total. The highest BCUT2D eigenvalue weighted by atomic mass is 127. The predicted octanol–water partition coefficient (Wildman–Crippen LogP) is 4.93. The molecule has 0 bridgehead atoms. The van der Waals surface area contributed by atoms with E-state index in [4.69, 9.17) is 0 Å². The molecule has 4 nitrogen and oxygen atoms in total. The Bertz CT molecular complexity index is 1010. The Labute approximate surface area is 161 Å². The molecule has 0 spiro atoms. The summed E-state index contributed by atoms with van der Waals surface area (Å²) < 4.78 is 28.2. The van der Waals surface area contributed by atoms with Crippen LogP contribution >= 0.6 is 22.6 Å². The standard InChI is InChI=1S/C19H19IN2O2S/c20-18-13-22(25(23,24)16-9-5-2-6-10-16)19-17(18)11-15(12-21-19)14-7-3-1-4-8-14/h2,5-6,9-14H,1,3-4,7-8H2. The number of pyridine rings is 1. The van der Waals surface area contributed by atoms with Crippen molar-refractivity contribution >= 4 is 43.6 Å². The Morgan fingerprint density at radius 3 is 2.52 bits per heavy atom. The van der Waals surface area contributed by atoms with Gasteiger partial charge in [-0.25, -0.2) is 17.4 Å². The lowest BCUT2D eigenvalue weighted by atomic mass is 9.84. The van der Waals surface area contributed by atoms with E-state index < -0.39 is 10.0 Å². The van der Waals surface area contributed by atoms with Crippen molar-refractivity contribution in [2.45, 2.75) is 42.9 Å². The fourth-order valence-corrected chi connectivity index (χ4v) is 5.82. The minimum absolute atomic E-state index is 0.279. The van der Waals surface area contributed by atoms with Crippen LogP contribution in [0.5, 0.6) is 0 Å². The maximum atomic E-state index is 13.0. The first-order valence-corrected chi connectivity index (χ1v) is 11.1. The molecule has 130 valence electrons. The van der Waals surface area contributed by atoms with Crippen LogP contribution in [0.3, 0.4) is 0 Å². The van der Waals surface area contributed by atoms with Crippen LogP contribution in [0, 0.1) is 3.57 Å². The van der Waals surface area contributed by atoms with Crippen LogP contribution in [0.2, 0.25) is 0 Å². The number of fused-ring (bicyclic) bond motifs is 1. The summed E-state index contributed by atoms with van der Waals surface area (Å²) in [7, 11) is -3.63. The SMILES string of the molecule is O=S(=O)(c1ccccc1)n1cc(I)c2cc(C3CCCCC3)cnc21. The van der Waals surface area contributed by atoms with Gasteiger partial charge in [0, 0.05) is 21.4 Å². The van der Waals surface area contributed by atoms with Gasteiger partial charge < -0.3 is 0 Å². The van der Waals surface area contributed by atoms with Gasteiger partial charge in [-0.15, -0.1) is 0 Å². The molecule has 1 saturated carbocycles. The van der Waals surface area contributed by atoms with E-state index >= 15 is 0 Å². The first-order valence-electron chi connectivity index (χ1n) is 8.54. The second-order valence-electron chi connectivity index (χ2n) is 6.57. The van der Waals surface area contributed by atoms with Gasteiger partial charge in [0.1, 0.15) is 0 Å². The van der Waals surface area contributed by atoms with Crippen LogP contribution in [0.15, 0.2) is 53.7 Å². The third kappa shape index (κ3) is 3.10. The van der Waals surface area contributed by atoms with Gasteiger partial charge in [0.25, 0.3) is 10.0 Å². The molecule has 0 atom stereocenters. The van der Waals surface area contributed by atoms with Gasteiger partial charge in [0.2, 0.25) is 0 Å². The zero-order chi connectivity index (χ0) is 17.4. The number of hydrogen-bond donors (Lipinski definition) is 0. The quantitative estimate of drug-likeness (QED) is 0.515. The second-order valence-corrected chi connectivity index (χ2v) is 9.54. The second kappa shape index (κ2) is 6.72. The molecule has 0 saturated heterocycles. The number of aromatic nitrogens is 2. The lowest BCUT2D eigenvalue weighted by Crippen LogP contribution is -2.12. The van der Waals surface area contributed by atoms with E-state index in [1.54, 1.807) is 30.5 Å². The average molecular weight is 466 g/mol. The minimum atomic E-state index is -3.63. The van der Waals surface area contributed by atoms with Gasteiger partial charge >= 0.3 is 0 Å². The number of rotatable bonds is 3. The molecule has 2 heterocycles. The van der Waals surface area contributed by atoms with Crippen molar-refractivity contribution in [1.82, 2.24) is 8.96 Å². The van der Waals surface area contributed by atoms with Crippen molar-refractivity contribution in [2.24, 2.45) is 0 Å². The van der Waals surface area contributed by atoms with Gasteiger partial charge in [-0.3, -0.25) is 0 Å². The molecule has 4 rings (SSSR count). The topological polar surface area (TPSA) is 52.0 Å². The van der Waals surface area contributed by atoms with E-state index in [1.165, 1.54) is 41.6 Å². The molecule has 1 fully saturated rings. The van der Waals surface area contributed by atoms with Crippen molar-refractivity contribution in [3.05, 3.63) is 57.9 Å². The Morgan fingerprint density at radius 2 is 1.80 bits per heavy atom. The minimum Gasteiger partial charge on any atom is -0.237 e. The molecule has 6 heteroatoms. The molecule has 0 amide bonds. The van der Waals surface area contributed by atoms with E-state index in [0.29, 0.717) is 11.6 Å². The van der Waals surface area contributed by atoms with Crippen molar-refractivity contribution in [3.8, 4) is 0 Å². The van der Waals surface area contributed by atoms with E-state index in [0.717, 1.165) is 8.96 Å². The number of halogens is 1. The third-order valence-corrected chi connectivity index (χ3v) is 7.48. The van der Waals surface area contributed by atoms with Gasteiger partial charge in [-0.1, -0.05) is 37.5 Å². The summed E-state index contributed by atoms with van der Waals surface area (Å²) in [5.41, 5.74) is 1.74. The summed E-state index contributed by atoms with van der Waals surface area (Å²) in [6.07, 6.45) is 9.79. The number of benzene rings is 1. The summed E-state index contributed by atoms with van der Waals surface area (Å²) in [6.45, 7) is 0. The summed E-state index contributed by atoms with van der Waals surface area (Å²) >= 11 is 2.20. The Hall–Kier alpha value is -1.41. The molecule has 1 aliphatic carbocycles. The Kier molecular flexibility index (Phi) is 4.58. The van der Waals surface area contributed by atoms with E-state index in [-0.39, 0.29) is 4.90 Å². The molecule has 1 aromatic carbocycles. The highest BCUT2D eigenvalue weighted by Gasteiger charge is 2.23.